The van der Waals surface area contributed by atoms with E-state index in [4.69, 9.17) is 9.47 Å². The average molecular weight is 514 g/mol. The van der Waals surface area contributed by atoms with Crippen molar-refractivity contribution in [2.45, 2.75) is 32.9 Å². The largest absolute Gasteiger partial charge is 0.507 e. The summed E-state index contributed by atoms with van der Waals surface area (Å²) in [5.41, 5.74) is 5.72. The molecule has 0 saturated carbocycles. The molecule has 0 saturated heterocycles. The predicted octanol–water partition coefficient (Wildman–Crippen LogP) is 4.91. The minimum atomic E-state index is -0.491. The number of aliphatic hydroxyl groups is 1. The van der Waals surface area contributed by atoms with Crippen LogP contribution in [0.2, 0.25) is 0 Å². The molecule has 1 atom stereocenters. The normalized spacial score (nSPS) is 14.6. The molecule has 0 spiro atoms. The summed E-state index contributed by atoms with van der Waals surface area (Å²) in [5.74, 6) is 1.06. The highest BCUT2D eigenvalue weighted by molar-refractivity contribution is 6.00. The standard InChI is InChI=1S/C30H31N3O5/c1-18-14-19(2)29(35)22(15-18)26-25-27(32-31-26)30(36)33(12-7-13-34)28(25)21-10-11-23(24(16-21)37-3)38-17-20-8-5-4-6-9-20/h4-6,8-11,14-16,28,34-35H,7,12-13,17H2,1-3H3,(H,31,32)/t28-/m1/s1. The van der Waals surface area contributed by atoms with Crippen molar-refractivity contribution in [1.82, 2.24) is 15.1 Å². The first-order valence-electron chi connectivity index (χ1n) is 12.6. The number of nitrogens with one attached hydrogen (secondary N) is 1. The first kappa shape index (κ1) is 25.4. The number of hydrogen-bond acceptors (Lipinski definition) is 6. The molecule has 4 aromatic rings. The molecule has 0 fully saturated rings. The van der Waals surface area contributed by atoms with Gasteiger partial charge in [0.25, 0.3) is 5.91 Å². The molecule has 1 aromatic heterocycles. The molecule has 3 N–H and O–H groups in total. The van der Waals surface area contributed by atoms with Crippen LogP contribution in [0.4, 0.5) is 0 Å². The topological polar surface area (TPSA) is 108 Å². The zero-order valence-corrected chi connectivity index (χ0v) is 21.7. The van der Waals surface area contributed by atoms with Gasteiger partial charge in [0, 0.05) is 24.3 Å². The van der Waals surface area contributed by atoms with Gasteiger partial charge < -0.3 is 24.6 Å². The van der Waals surface area contributed by atoms with Crippen molar-refractivity contribution in [3.63, 3.8) is 0 Å². The first-order valence-corrected chi connectivity index (χ1v) is 12.6. The van der Waals surface area contributed by atoms with Gasteiger partial charge in [-0.1, -0.05) is 42.5 Å². The van der Waals surface area contributed by atoms with Gasteiger partial charge >= 0.3 is 0 Å². The number of amides is 1. The lowest BCUT2D eigenvalue weighted by Crippen LogP contribution is -2.31. The van der Waals surface area contributed by atoms with Gasteiger partial charge in [0.1, 0.15) is 23.7 Å². The highest BCUT2D eigenvalue weighted by Crippen LogP contribution is 2.46. The Labute approximate surface area is 221 Å². The number of carbonyl (C=O) groups is 1. The molecule has 8 heteroatoms. The van der Waals surface area contributed by atoms with E-state index in [1.54, 1.807) is 12.0 Å². The highest BCUT2D eigenvalue weighted by atomic mass is 16.5. The molecular formula is C30H31N3O5. The van der Waals surface area contributed by atoms with Crippen LogP contribution in [0.1, 0.15) is 50.8 Å². The Bertz CT molecular complexity index is 1460. The molecule has 1 aliphatic heterocycles. The Hall–Kier alpha value is -4.30. The van der Waals surface area contributed by atoms with Crippen LogP contribution in [-0.4, -0.2) is 51.5 Å². The summed E-state index contributed by atoms with van der Waals surface area (Å²) in [4.78, 5) is 15.2. The number of phenols is 1. The van der Waals surface area contributed by atoms with Crippen LogP contribution in [0.5, 0.6) is 17.2 Å². The predicted molar refractivity (Wildman–Crippen MR) is 144 cm³/mol. The number of H-pyrrole nitrogens is 1. The zero-order chi connectivity index (χ0) is 26.8. The fraction of sp³-hybridized carbons (Fsp3) is 0.267. The van der Waals surface area contributed by atoms with Gasteiger partial charge in [0.05, 0.1) is 13.2 Å². The number of hydrogen-bond donors (Lipinski definition) is 3. The molecule has 8 nitrogen and oxygen atoms in total. The molecule has 3 aromatic carbocycles. The van der Waals surface area contributed by atoms with Gasteiger partial charge in [-0.25, -0.2) is 0 Å². The maximum atomic E-state index is 13.5. The maximum absolute atomic E-state index is 13.5. The van der Waals surface area contributed by atoms with E-state index in [0.717, 1.165) is 22.3 Å². The number of carbonyl (C=O) groups excluding carboxylic acids is 1. The van der Waals surface area contributed by atoms with Crippen LogP contribution in [0.3, 0.4) is 0 Å². The van der Waals surface area contributed by atoms with Gasteiger partial charge in [0.2, 0.25) is 0 Å². The average Bonchev–Trinajstić information content (AvgIpc) is 3.47. The number of fused-ring (bicyclic) bond motifs is 1. The molecule has 1 amide bonds. The van der Waals surface area contributed by atoms with E-state index in [1.807, 2.05) is 74.5 Å². The van der Waals surface area contributed by atoms with Crippen LogP contribution >= 0.6 is 0 Å². The molecule has 0 radical (unpaired) electrons. The third-order valence-electron chi connectivity index (χ3n) is 6.86. The summed E-state index contributed by atoms with van der Waals surface area (Å²) in [6.07, 6.45) is 0.430. The van der Waals surface area contributed by atoms with Gasteiger partial charge in [0.15, 0.2) is 11.5 Å². The van der Waals surface area contributed by atoms with Crippen LogP contribution in [-0.2, 0) is 6.61 Å². The van der Waals surface area contributed by atoms with E-state index < -0.39 is 6.04 Å². The summed E-state index contributed by atoms with van der Waals surface area (Å²) in [7, 11) is 1.58. The Morgan fingerprint density at radius 3 is 2.58 bits per heavy atom. The SMILES string of the molecule is COc1cc([C@@H]2c3c(-c4cc(C)cc(C)c4O)n[nH]c3C(=O)N2CCCO)ccc1OCc1ccccc1. The van der Waals surface area contributed by atoms with Crippen molar-refractivity contribution < 1.29 is 24.5 Å². The second kappa shape index (κ2) is 10.6. The van der Waals surface area contributed by atoms with Gasteiger partial charge in [-0.2, -0.15) is 5.10 Å². The van der Waals surface area contributed by atoms with Gasteiger partial charge in [-0.05, 0) is 60.7 Å². The maximum Gasteiger partial charge on any atom is 0.273 e. The van der Waals surface area contributed by atoms with Crippen LogP contribution in [0.15, 0.2) is 60.7 Å². The van der Waals surface area contributed by atoms with Crippen molar-refractivity contribution >= 4 is 5.91 Å². The Balaban J connectivity index is 1.58. The highest BCUT2D eigenvalue weighted by Gasteiger charge is 2.42. The molecular weight excluding hydrogens is 482 g/mol. The Kier molecular flexibility index (Phi) is 7.07. The molecule has 2 heterocycles. The molecule has 0 unspecified atom stereocenters. The number of aromatic nitrogens is 2. The summed E-state index contributed by atoms with van der Waals surface area (Å²) in [6.45, 7) is 4.51. The van der Waals surface area contributed by atoms with Crippen LogP contribution < -0.4 is 9.47 Å². The van der Waals surface area contributed by atoms with Gasteiger partial charge in [-0.3, -0.25) is 9.89 Å². The van der Waals surface area contributed by atoms with E-state index in [9.17, 15) is 15.0 Å². The Morgan fingerprint density at radius 1 is 1.05 bits per heavy atom. The number of aromatic hydroxyl groups is 1. The van der Waals surface area contributed by atoms with E-state index in [2.05, 4.69) is 10.2 Å². The number of aryl methyl sites for hydroxylation is 2. The lowest BCUT2D eigenvalue weighted by molar-refractivity contribution is 0.0732. The summed E-state index contributed by atoms with van der Waals surface area (Å²) in [6, 6.07) is 18.8. The number of ether oxygens (including phenoxy) is 2. The van der Waals surface area contributed by atoms with Gasteiger partial charge in [-0.15, -0.1) is 0 Å². The number of rotatable bonds is 9. The zero-order valence-electron chi connectivity index (χ0n) is 21.7. The van der Waals surface area contributed by atoms with Crippen LogP contribution in [0, 0.1) is 13.8 Å². The lowest BCUT2D eigenvalue weighted by Gasteiger charge is -2.27. The molecule has 38 heavy (non-hydrogen) atoms. The third-order valence-corrected chi connectivity index (χ3v) is 6.86. The van der Waals surface area contributed by atoms with Crippen molar-refractivity contribution in [3.8, 4) is 28.5 Å². The molecule has 0 bridgehead atoms. The van der Waals surface area contributed by atoms with E-state index in [1.165, 1.54) is 0 Å². The minimum absolute atomic E-state index is 0.0387. The number of phenolic OH excluding ortho intramolecular Hbond substituents is 1. The van der Waals surface area contributed by atoms with Crippen molar-refractivity contribution in [2.75, 3.05) is 20.3 Å². The Morgan fingerprint density at radius 2 is 1.84 bits per heavy atom. The second-order valence-corrected chi connectivity index (χ2v) is 9.50. The van der Waals surface area contributed by atoms with E-state index in [-0.39, 0.29) is 18.3 Å². The summed E-state index contributed by atoms with van der Waals surface area (Å²) < 4.78 is 11.7. The monoisotopic (exact) mass is 513 g/mol. The molecule has 1 aliphatic rings. The number of aromatic amines is 1. The third kappa shape index (κ3) is 4.59. The number of benzene rings is 3. The quantitative estimate of drug-likeness (QED) is 0.293. The first-order chi connectivity index (χ1) is 18.4. The van der Waals surface area contributed by atoms with Crippen molar-refractivity contribution in [2.24, 2.45) is 0 Å². The number of methoxy groups -OCH3 is 1. The molecule has 0 aliphatic carbocycles. The van der Waals surface area contributed by atoms with Crippen LogP contribution in [0.25, 0.3) is 11.3 Å². The lowest BCUT2D eigenvalue weighted by atomic mass is 9.94. The summed E-state index contributed by atoms with van der Waals surface area (Å²) in [5, 5.41) is 27.8. The smallest absolute Gasteiger partial charge is 0.273 e. The molecule has 196 valence electrons. The fourth-order valence-electron chi connectivity index (χ4n) is 5.07. The van der Waals surface area contributed by atoms with Crippen molar-refractivity contribution in [1.29, 1.82) is 0 Å². The fourth-order valence-corrected chi connectivity index (χ4v) is 5.07. The minimum Gasteiger partial charge on any atom is -0.507 e. The second-order valence-electron chi connectivity index (χ2n) is 9.50. The number of nitrogens with zero attached hydrogens (tertiary/aromatic N) is 2. The van der Waals surface area contributed by atoms with Crippen molar-refractivity contribution in [3.05, 3.63) is 94.2 Å². The van der Waals surface area contributed by atoms with E-state index in [0.29, 0.717) is 53.6 Å². The molecule has 5 rings (SSSR count). The van der Waals surface area contributed by atoms with E-state index >= 15 is 0 Å². The number of aliphatic hydroxyl groups excluding tert-OH is 1. The summed E-state index contributed by atoms with van der Waals surface area (Å²) >= 11 is 0.